The lowest BCUT2D eigenvalue weighted by Gasteiger charge is -2.34. The lowest BCUT2D eigenvalue weighted by atomic mass is 9.75. The van der Waals surface area contributed by atoms with Gasteiger partial charge in [-0.3, -0.25) is 4.79 Å². The van der Waals surface area contributed by atoms with Crippen LogP contribution in [-0.4, -0.2) is 11.3 Å². The Morgan fingerprint density at radius 1 is 1.27 bits per heavy atom. The van der Waals surface area contributed by atoms with Gasteiger partial charge in [0.2, 0.25) is 5.78 Å². The van der Waals surface area contributed by atoms with Crippen molar-refractivity contribution in [3.8, 4) is 11.8 Å². The fourth-order valence-corrected chi connectivity index (χ4v) is 1.56. The van der Waals surface area contributed by atoms with Gasteiger partial charge in [-0.05, 0) is 37.3 Å². The lowest BCUT2D eigenvalue weighted by Crippen LogP contribution is -2.53. The van der Waals surface area contributed by atoms with Crippen molar-refractivity contribution in [1.82, 2.24) is 0 Å². The molecule has 0 unspecified atom stereocenters. The largest absolute Gasteiger partial charge is 0.318 e. The molecule has 0 amide bonds. The van der Waals surface area contributed by atoms with E-state index in [0.717, 1.165) is 24.8 Å². The van der Waals surface area contributed by atoms with Gasteiger partial charge < -0.3 is 5.73 Å². The molecular formula is C13H13NO. The maximum Gasteiger partial charge on any atom is 0.225 e. The van der Waals surface area contributed by atoms with Gasteiger partial charge in [-0.2, -0.15) is 0 Å². The van der Waals surface area contributed by atoms with E-state index in [1.807, 2.05) is 30.3 Å². The Bertz CT molecular complexity index is 421. The fraction of sp³-hybridized carbons (Fsp3) is 0.308. The predicted octanol–water partition coefficient (Wildman–Crippen LogP) is 1.49. The molecule has 1 aromatic rings. The number of benzene rings is 1. The van der Waals surface area contributed by atoms with Crippen molar-refractivity contribution in [1.29, 1.82) is 0 Å². The van der Waals surface area contributed by atoms with Crippen molar-refractivity contribution in [2.75, 3.05) is 0 Å². The minimum absolute atomic E-state index is 0.127. The molecule has 2 rings (SSSR count). The lowest BCUT2D eigenvalue weighted by molar-refractivity contribution is -0.121. The first-order chi connectivity index (χ1) is 7.21. The Balaban J connectivity index is 2.09. The Morgan fingerprint density at radius 3 is 2.47 bits per heavy atom. The summed E-state index contributed by atoms with van der Waals surface area (Å²) in [6.07, 6.45) is 2.58. The minimum atomic E-state index is -0.651. The highest BCUT2D eigenvalue weighted by atomic mass is 16.1. The summed E-state index contributed by atoms with van der Waals surface area (Å²) < 4.78 is 0. The molecule has 0 aliphatic heterocycles. The van der Waals surface area contributed by atoms with Crippen molar-refractivity contribution in [2.24, 2.45) is 5.73 Å². The molecule has 1 aliphatic carbocycles. The summed E-state index contributed by atoms with van der Waals surface area (Å²) in [7, 11) is 0. The first kappa shape index (κ1) is 9.95. The van der Waals surface area contributed by atoms with Crippen LogP contribution in [0.25, 0.3) is 0 Å². The van der Waals surface area contributed by atoms with Crippen LogP contribution in [0.4, 0.5) is 0 Å². The van der Waals surface area contributed by atoms with E-state index in [2.05, 4.69) is 11.8 Å². The van der Waals surface area contributed by atoms with E-state index in [9.17, 15) is 4.79 Å². The average molecular weight is 199 g/mol. The average Bonchev–Trinajstić information content (AvgIpc) is 2.24. The topological polar surface area (TPSA) is 43.1 Å². The zero-order chi connectivity index (χ0) is 10.7. The molecule has 2 heteroatoms. The second kappa shape index (κ2) is 3.88. The van der Waals surface area contributed by atoms with Gasteiger partial charge in [-0.1, -0.05) is 24.1 Å². The maximum absolute atomic E-state index is 11.6. The molecule has 0 aromatic heterocycles. The van der Waals surface area contributed by atoms with Crippen LogP contribution in [-0.2, 0) is 4.79 Å². The van der Waals surface area contributed by atoms with Crippen LogP contribution in [0.1, 0.15) is 24.8 Å². The van der Waals surface area contributed by atoms with Gasteiger partial charge in [0.05, 0.1) is 5.54 Å². The molecular weight excluding hydrogens is 186 g/mol. The van der Waals surface area contributed by atoms with E-state index in [4.69, 9.17) is 5.73 Å². The van der Waals surface area contributed by atoms with E-state index in [-0.39, 0.29) is 5.78 Å². The summed E-state index contributed by atoms with van der Waals surface area (Å²) >= 11 is 0. The number of ketones is 1. The Labute approximate surface area is 89.5 Å². The van der Waals surface area contributed by atoms with E-state index in [0.29, 0.717) is 0 Å². The number of hydrogen-bond acceptors (Lipinski definition) is 2. The highest BCUT2D eigenvalue weighted by Crippen LogP contribution is 2.29. The highest BCUT2D eigenvalue weighted by Gasteiger charge is 2.38. The zero-order valence-corrected chi connectivity index (χ0v) is 8.49. The van der Waals surface area contributed by atoms with Crippen LogP contribution >= 0.6 is 0 Å². The van der Waals surface area contributed by atoms with Crippen molar-refractivity contribution in [2.45, 2.75) is 24.8 Å². The third kappa shape index (κ3) is 2.08. The number of nitrogens with two attached hydrogens (primary N) is 1. The minimum Gasteiger partial charge on any atom is -0.318 e. The van der Waals surface area contributed by atoms with E-state index in [1.165, 1.54) is 0 Å². The summed E-state index contributed by atoms with van der Waals surface area (Å²) in [5.74, 6) is 5.34. The van der Waals surface area contributed by atoms with Gasteiger partial charge in [-0.15, -0.1) is 0 Å². The van der Waals surface area contributed by atoms with Crippen LogP contribution < -0.4 is 5.73 Å². The summed E-state index contributed by atoms with van der Waals surface area (Å²) in [6, 6.07) is 9.48. The second-order valence-corrected chi connectivity index (χ2v) is 3.95. The standard InChI is InChI=1S/C13H13NO/c14-13(9-4-10-13)12(15)8-7-11-5-2-1-3-6-11/h1-3,5-6H,4,9-10,14H2. The number of rotatable bonds is 1. The predicted molar refractivity (Wildman–Crippen MR) is 59.1 cm³/mol. The molecule has 0 spiro atoms. The van der Waals surface area contributed by atoms with Crippen LogP contribution in [0.3, 0.4) is 0 Å². The zero-order valence-electron chi connectivity index (χ0n) is 8.49. The molecule has 0 bridgehead atoms. The normalized spacial score (nSPS) is 17.1. The number of hydrogen-bond donors (Lipinski definition) is 1. The van der Waals surface area contributed by atoms with Crippen molar-refractivity contribution >= 4 is 5.78 Å². The number of Topliss-reactive ketones (excluding diaryl/α,β-unsaturated/α-hetero) is 1. The van der Waals surface area contributed by atoms with Crippen molar-refractivity contribution in [3.63, 3.8) is 0 Å². The molecule has 0 radical (unpaired) electrons. The smallest absolute Gasteiger partial charge is 0.225 e. The van der Waals surface area contributed by atoms with Gasteiger partial charge in [0.1, 0.15) is 0 Å². The summed E-state index contributed by atoms with van der Waals surface area (Å²) in [4.78, 5) is 11.6. The number of carbonyl (C=O) groups excluding carboxylic acids is 1. The van der Waals surface area contributed by atoms with Crippen LogP contribution in [0.2, 0.25) is 0 Å². The molecule has 1 aliphatic rings. The molecule has 1 saturated carbocycles. The van der Waals surface area contributed by atoms with Gasteiger partial charge >= 0.3 is 0 Å². The summed E-state index contributed by atoms with van der Waals surface area (Å²) in [5.41, 5.74) is 6.06. The maximum atomic E-state index is 11.6. The molecule has 1 fully saturated rings. The molecule has 0 heterocycles. The summed E-state index contributed by atoms with van der Waals surface area (Å²) in [6.45, 7) is 0. The van der Waals surface area contributed by atoms with Gasteiger partial charge in [0.15, 0.2) is 0 Å². The molecule has 2 nitrogen and oxygen atoms in total. The Kier molecular flexibility index (Phi) is 2.57. The first-order valence-electron chi connectivity index (χ1n) is 5.11. The Morgan fingerprint density at radius 2 is 1.93 bits per heavy atom. The third-order valence-electron chi connectivity index (χ3n) is 2.79. The molecule has 0 saturated heterocycles. The van der Waals surface area contributed by atoms with Crippen molar-refractivity contribution in [3.05, 3.63) is 35.9 Å². The fourth-order valence-electron chi connectivity index (χ4n) is 1.56. The molecule has 15 heavy (non-hydrogen) atoms. The molecule has 2 N–H and O–H groups in total. The van der Waals surface area contributed by atoms with Crippen LogP contribution in [0.5, 0.6) is 0 Å². The van der Waals surface area contributed by atoms with E-state index >= 15 is 0 Å². The Hall–Kier alpha value is -1.59. The molecule has 76 valence electrons. The van der Waals surface area contributed by atoms with E-state index < -0.39 is 5.54 Å². The quantitative estimate of drug-likeness (QED) is 0.696. The first-order valence-corrected chi connectivity index (χ1v) is 5.11. The molecule has 0 atom stereocenters. The second-order valence-electron chi connectivity index (χ2n) is 3.95. The van der Waals surface area contributed by atoms with Gasteiger partial charge in [-0.25, -0.2) is 0 Å². The SMILES string of the molecule is NC1(C(=O)C#Cc2ccccc2)CCC1. The molecule has 1 aromatic carbocycles. The monoisotopic (exact) mass is 199 g/mol. The van der Waals surface area contributed by atoms with E-state index in [1.54, 1.807) is 0 Å². The van der Waals surface area contributed by atoms with Crippen molar-refractivity contribution < 1.29 is 4.79 Å². The van der Waals surface area contributed by atoms with Gasteiger partial charge in [0, 0.05) is 5.56 Å². The van der Waals surface area contributed by atoms with Crippen LogP contribution in [0.15, 0.2) is 30.3 Å². The third-order valence-corrected chi connectivity index (χ3v) is 2.79. The van der Waals surface area contributed by atoms with Crippen LogP contribution in [0, 0.1) is 11.8 Å². The highest BCUT2D eigenvalue weighted by molar-refractivity contribution is 6.03. The van der Waals surface area contributed by atoms with Gasteiger partial charge in [0.25, 0.3) is 0 Å². The summed E-state index contributed by atoms with van der Waals surface area (Å²) in [5, 5.41) is 0. The number of carbonyl (C=O) groups is 1.